The van der Waals surface area contributed by atoms with E-state index in [2.05, 4.69) is 15.6 Å². The first kappa shape index (κ1) is 16.5. The van der Waals surface area contributed by atoms with E-state index in [1.807, 2.05) is 36.5 Å². The summed E-state index contributed by atoms with van der Waals surface area (Å²) < 4.78 is 7.01. The fourth-order valence-corrected chi connectivity index (χ4v) is 3.22. The second-order valence-corrected chi connectivity index (χ2v) is 6.41. The molecule has 0 aliphatic heterocycles. The van der Waals surface area contributed by atoms with Crippen molar-refractivity contribution in [3.8, 4) is 5.69 Å². The number of aryl methyl sites for hydroxylation is 1. The molecule has 1 amide bonds. The molecule has 2 N–H and O–H groups in total. The fraction of sp³-hybridized carbons (Fsp3) is 0.316. The first-order valence-electron chi connectivity index (χ1n) is 8.76. The molecule has 0 saturated carbocycles. The van der Waals surface area contributed by atoms with Gasteiger partial charge in [0, 0.05) is 30.9 Å². The highest BCUT2D eigenvalue weighted by Gasteiger charge is 2.24. The standard InChI is InChI=1S/C19H20N4O3/c24-16(13-6-8-14(9-7-13)23-11-3-10-21-23)12-20-19(25)18-15-4-1-2-5-17(15)26-22-18/h3,6-11,16,24H,1-2,4-5,12H2,(H,20,25). The number of hydrogen-bond acceptors (Lipinski definition) is 5. The lowest BCUT2D eigenvalue weighted by Gasteiger charge is -2.13. The predicted octanol–water partition coefficient (Wildman–Crippen LogP) is 2.20. The molecule has 2 aromatic heterocycles. The number of nitrogens with one attached hydrogen (secondary N) is 1. The first-order chi connectivity index (χ1) is 12.7. The van der Waals surface area contributed by atoms with Crippen molar-refractivity contribution in [3.05, 3.63) is 65.3 Å². The normalized spacial score (nSPS) is 14.7. The highest BCUT2D eigenvalue weighted by Crippen LogP contribution is 2.24. The molecule has 0 bridgehead atoms. The third-order valence-electron chi connectivity index (χ3n) is 4.67. The molecular formula is C19H20N4O3. The first-order valence-corrected chi connectivity index (χ1v) is 8.76. The number of rotatable bonds is 5. The van der Waals surface area contributed by atoms with Crippen molar-refractivity contribution in [2.24, 2.45) is 0 Å². The lowest BCUT2D eigenvalue weighted by atomic mass is 9.96. The van der Waals surface area contributed by atoms with Gasteiger partial charge in [-0.2, -0.15) is 5.10 Å². The van der Waals surface area contributed by atoms with E-state index in [9.17, 15) is 9.90 Å². The Hall–Kier alpha value is -2.93. The van der Waals surface area contributed by atoms with Gasteiger partial charge in [0.25, 0.3) is 5.91 Å². The van der Waals surface area contributed by atoms with E-state index >= 15 is 0 Å². The average molecular weight is 352 g/mol. The van der Waals surface area contributed by atoms with Gasteiger partial charge in [-0.1, -0.05) is 17.3 Å². The molecule has 1 aliphatic carbocycles. The van der Waals surface area contributed by atoms with E-state index in [4.69, 9.17) is 4.52 Å². The maximum Gasteiger partial charge on any atom is 0.273 e. The van der Waals surface area contributed by atoms with Crippen molar-refractivity contribution in [2.75, 3.05) is 6.54 Å². The molecule has 0 radical (unpaired) electrons. The minimum atomic E-state index is -0.798. The third-order valence-corrected chi connectivity index (χ3v) is 4.67. The van der Waals surface area contributed by atoms with Crippen LogP contribution >= 0.6 is 0 Å². The summed E-state index contributed by atoms with van der Waals surface area (Å²) in [4.78, 5) is 12.4. The number of aromatic nitrogens is 3. The Labute approximate surface area is 150 Å². The molecule has 2 heterocycles. The Morgan fingerprint density at radius 3 is 2.85 bits per heavy atom. The average Bonchev–Trinajstić information content (AvgIpc) is 3.36. The van der Waals surface area contributed by atoms with Crippen LogP contribution in [-0.2, 0) is 12.8 Å². The summed E-state index contributed by atoms with van der Waals surface area (Å²) >= 11 is 0. The van der Waals surface area contributed by atoms with Crippen molar-refractivity contribution in [1.82, 2.24) is 20.3 Å². The van der Waals surface area contributed by atoms with Gasteiger partial charge in [0.1, 0.15) is 5.76 Å². The number of fused-ring (bicyclic) bond motifs is 1. The van der Waals surface area contributed by atoms with Crippen LogP contribution in [0.2, 0.25) is 0 Å². The van der Waals surface area contributed by atoms with E-state index in [0.717, 1.165) is 48.3 Å². The summed E-state index contributed by atoms with van der Waals surface area (Å²) in [5.74, 6) is 0.514. The van der Waals surface area contributed by atoms with E-state index < -0.39 is 6.10 Å². The molecule has 3 aromatic rings. The molecule has 1 aliphatic rings. The van der Waals surface area contributed by atoms with Gasteiger partial charge >= 0.3 is 0 Å². The van der Waals surface area contributed by atoms with Crippen LogP contribution in [0.3, 0.4) is 0 Å². The minimum Gasteiger partial charge on any atom is -0.387 e. The van der Waals surface area contributed by atoms with E-state index in [0.29, 0.717) is 5.69 Å². The second-order valence-electron chi connectivity index (χ2n) is 6.41. The molecule has 1 unspecified atom stereocenters. The van der Waals surface area contributed by atoms with Crippen LogP contribution in [0.4, 0.5) is 0 Å². The number of aliphatic hydroxyl groups excluding tert-OH is 1. The van der Waals surface area contributed by atoms with Crippen LogP contribution in [0, 0.1) is 0 Å². The molecule has 1 atom stereocenters. The van der Waals surface area contributed by atoms with Gasteiger partial charge in [-0.3, -0.25) is 4.79 Å². The number of carbonyl (C=O) groups excluding carboxylic acids is 1. The predicted molar refractivity (Wildman–Crippen MR) is 94.0 cm³/mol. The van der Waals surface area contributed by atoms with Gasteiger partial charge < -0.3 is 14.9 Å². The quantitative estimate of drug-likeness (QED) is 0.734. The molecule has 4 rings (SSSR count). The lowest BCUT2D eigenvalue weighted by molar-refractivity contribution is 0.0906. The highest BCUT2D eigenvalue weighted by molar-refractivity contribution is 5.93. The zero-order valence-corrected chi connectivity index (χ0v) is 14.3. The monoisotopic (exact) mass is 352 g/mol. The molecule has 0 spiro atoms. The number of carbonyl (C=O) groups is 1. The Bertz CT molecular complexity index is 884. The van der Waals surface area contributed by atoms with Crippen LogP contribution in [0.15, 0.2) is 47.2 Å². The van der Waals surface area contributed by atoms with E-state index in [1.54, 1.807) is 10.9 Å². The van der Waals surface area contributed by atoms with Crippen molar-refractivity contribution in [2.45, 2.75) is 31.8 Å². The number of benzene rings is 1. The molecule has 26 heavy (non-hydrogen) atoms. The third kappa shape index (κ3) is 3.25. The summed E-state index contributed by atoms with van der Waals surface area (Å²) in [5.41, 5.74) is 2.89. The number of amides is 1. The summed E-state index contributed by atoms with van der Waals surface area (Å²) in [6.45, 7) is 0.113. The molecule has 134 valence electrons. The lowest BCUT2D eigenvalue weighted by Crippen LogP contribution is -2.29. The van der Waals surface area contributed by atoms with Gasteiger partial charge in [0.15, 0.2) is 5.69 Å². The molecular weight excluding hydrogens is 332 g/mol. The molecule has 7 nitrogen and oxygen atoms in total. The summed E-state index contributed by atoms with van der Waals surface area (Å²) in [7, 11) is 0. The maximum atomic E-state index is 12.4. The van der Waals surface area contributed by atoms with Crippen LogP contribution in [0.1, 0.15) is 46.3 Å². The maximum absolute atomic E-state index is 12.4. The highest BCUT2D eigenvalue weighted by atomic mass is 16.5. The Morgan fingerprint density at radius 2 is 2.08 bits per heavy atom. The summed E-state index contributed by atoms with van der Waals surface area (Å²) in [6.07, 6.45) is 6.52. The number of hydrogen-bond donors (Lipinski definition) is 2. The molecule has 0 fully saturated rings. The van der Waals surface area contributed by atoms with E-state index in [1.165, 1.54) is 0 Å². The van der Waals surface area contributed by atoms with Crippen LogP contribution in [0.5, 0.6) is 0 Å². The summed E-state index contributed by atoms with van der Waals surface area (Å²) in [5, 5.41) is 21.2. The van der Waals surface area contributed by atoms with Crippen molar-refractivity contribution in [3.63, 3.8) is 0 Å². The largest absolute Gasteiger partial charge is 0.387 e. The fourth-order valence-electron chi connectivity index (χ4n) is 3.22. The number of aliphatic hydroxyl groups is 1. The van der Waals surface area contributed by atoms with Crippen molar-refractivity contribution >= 4 is 5.91 Å². The Morgan fingerprint density at radius 1 is 1.27 bits per heavy atom. The minimum absolute atomic E-state index is 0.113. The Balaban J connectivity index is 1.38. The van der Waals surface area contributed by atoms with Gasteiger partial charge in [-0.25, -0.2) is 4.68 Å². The molecule has 0 saturated heterocycles. The van der Waals surface area contributed by atoms with Gasteiger partial charge in [0.05, 0.1) is 11.8 Å². The van der Waals surface area contributed by atoms with Crippen molar-refractivity contribution in [1.29, 1.82) is 0 Å². The van der Waals surface area contributed by atoms with Crippen LogP contribution in [0.25, 0.3) is 5.69 Å². The smallest absolute Gasteiger partial charge is 0.273 e. The molecule has 7 heteroatoms. The van der Waals surface area contributed by atoms with Crippen molar-refractivity contribution < 1.29 is 14.4 Å². The van der Waals surface area contributed by atoms with Crippen LogP contribution < -0.4 is 5.32 Å². The van der Waals surface area contributed by atoms with E-state index in [-0.39, 0.29) is 12.5 Å². The zero-order valence-electron chi connectivity index (χ0n) is 14.3. The zero-order chi connectivity index (χ0) is 17.9. The Kier molecular flexibility index (Phi) is 4.53. The SMILES string of the molecule is O=C(NCC(O)c1ccc(-n2cccn2)cc1)c1noc2c1CCCC2. The van der Waals surface area contributed by atoms with Crippen LogP contribution in [-0.4, -0.2) is 32.5 Å². The number of nitrogens with zero attached hydrogens (tertiary/aromatic N) is 3. The molecule has 1 aromatic carbocycles. The summed E-state index contributed by atoms with van der Waals surface area (Å²) in [6, 6.07) is 9.25. The second kappa shape index (κ2) is 7.13. The van der Waals surface area contributed by atoms with Gasteiger partial charge in [-0.15, -0.1) is 0 Å². The van der Waals surface area contributed by atoms with Gasteiger partial charge in [0.2, 0.25) is 0 Å². The van der Waals surface area contributed by atoms with Gasteiger partial charge in [-0.05, 0) is 43.0 Å². The topological polar surface area (TPSA) is 93.2 Å².